The summed E-state index contributed by atoms with van der Waals surface area (Å²) in [6.45, 7) is 4.37. The molecule has 1 atom stereocenters. The lowest BCUT2D eigenvalue weighted by Gasteiger charge is -2.30. The molecule has 0 saturated heterocycles. The van der Waals surface area contributed by atoms with E-state index in [1.165, 1.54) is 18.4 Å². The van der Waals surface area contributed by atoms with Gasteiger partial charge in [0.2, 0.25) is 0 Å². The van der Waals surface area contributed by atoms with Gasteiger partial charge in [-0.15, -0.1) is 0 Å². The molecule has 0 spiro atoms. The monoisotopic (exact) mass is 140 g/mol. The highest BCUT2D eigenvalue weighted by molar-refractivity contribution is 5.06. The molecule has 0 amide bonds. The van der Waals surface area contributed by atoms with Gasteiger partial charge in [0, 0.05) is 7.11 Å². The molecule has 1 unspecified atom stereocenters. The van der Waals surface area contributed by atoms with E-state index in [4.69, 9.17) is 4.74 Å². The fourth-order valence-corrected chi connectivity index (χ4v) is 1.24. The molecule has 1 heteroatoms. The topological polar surface area (TPSA) is 9.23 Å². The third-order valence-corrected chi connectivity index (χ3v) is 2.42. The molecule has 0 bridgehead atoms. The first-order chi connectivity index (χ1) is 4.66. The van der Waals surface area contributed by atoms with E-state index in [1.54, 1.807) is 7.11 Å². The maximum Gasteiger partial charge on any atom is 0.0688 e. The van der Waals surface area contributed by atoms with Crippen LogP contribution in [0.2, 0.25) is 0 Å². The Labute approximate surface area is 63.1 Å². The van der Waals surface area contributed by atoms with Crippen molar-refractivity contribution < 1.29 is 4.74 Å². The molecule has 0 radical (unpaired) electrons. The van der Waals surface area contributed by atoms with Crippen molar-refractivity contribution in [2.75, 3.05) is 7.11 Å². The van der Waals surface area contributed by atoms with Crippen LogP contribution in [-0.4, -0.2) is 12.7 Å². The largest absolute Gasteiger partial charge is 0.378 e. The highest BCUT2D eigenvalue weighted by Gasteiger charge is 2.24. The molecule has 58 valence electrons. The first-order valence-corrected chi connectivity index (χ1v) is 3.87. The number of methoxy groups -OCH3 is 1. The molecule has 10 heavy (non-hydrogen) atoms. The standard InChI is InChI=1S/C9H16O/c1-8-4-6-9(2,10-3)7-5-8/h4H,5-7H2,1-3H3. The number of hydrogen-bond acceptors (Lipinski definition) is 1. The van der Waals surface area contributed by atoms with Crippen LogP contribution in [-0.2, 0) is 4.74 Å². The smallest absolute Gasteiger partial charge is 0.0688 e. The molecule has 0 aromatic carbocycles. The Hall–Kier alpha value is -0.300. The maximum atomic E-state index is 5.38. The third kappa shape index (κ3) is 1.60. The van der Waals surface area contributed by atoms with Gasteiger partial charge in [-0.3, -0.25) is 0 Å². The van der Waals surface area contributed by atoms with Crippen LogP contribution in [0.1, 0.15) is 33.1 Å². The highest BCUT2D eigenvalue weighted by atomic mass is 16.5. The number of rotatable bonds is 1. The van der Waals surface area contributed by atoms with Gasteiger partial charge < -0.3 is 4.74 Å². The van der Waals surface area contributed by atoms with Gasteiger partial charge in [0.1, 0.15) is 0 Å². The second-order valence-electron chi connectivity index (χ2n) is 3.41. The molecule has 0 saturated carbocycles. The van der Waals surface area contributed by atoms with E-state index in [2.05, 4.69) is 19.9 Å². The summed E-state index contributed by atoms with van der Waals surface area (Å²) in [5, 5.41) is 0. The summed E-state index contributed by atoms with van der Waals surface area (Å²) in [5.41, 5.74) is 1.63. The van der Waals surface area contributed by atoms with Gasteiger partial charge in [-0.1, -0.05) is 11.6 Å². The van der Waals surface area contributed by atoms with Crippen molar-refractivity contribution in [1.82, 2.24) is 0 Å². The number of ether oxygens (including phenoxy) is 1. The van der Waals surface area contributed by atoms with Crippen molar-refractivity contribution in [3.8, 4) is 0 Å². The molecule has 0 aliphatic heterocycles. The van der Waals surface area contributed by atoms with Crippen LogP contribution in [0.4, 0.5) is 0 Å². The Balaban J connectivity index is 2.56. The second-order valence-corrected chi connectivity index (χ2v) is 3.41. The SMILES string of the molecule is COC1(C)CC=C(C)CC1. The zero-order chi connectivity index (χ0) is 7.61. The predicted molar refractivity (Wildman–Crippen MR) is 43.0 cm³/mol. The highest BCUT2D eigenvalue weighted by Crippen LogP contribution is 2.29. The lowest BCUT2D eigenvalue weighted by atomic mass is 9.87. The first kappa shape index (κ1) is 7.80. The molecule has 0 fully saturated rings. The van der Waals surface area contributed by atoms with Crippen molar-refractivity contribution >= 4 is 0 Å². The molecule has 0 aromatic heterocycles. The van der Waals surface area contributed by atoms with Crippen LogP contribution in [0.15, 0.2) is 11.6 Å². The number of allylic oxidation sites excluding steroid dienone is 1. The first-order valence-electron chi connectivity index (χ1n) is 3.87. The van der Waals surface area contributed by atoms with Gasteiger partial charge in [0.05, 0.1) is 5.60 Å². The molecular formula is C9H16O. The average Bonchev–Trinajstić information content (AvgIpc) is 1.96. The van der Waals surface area contributed by atoms with Gasteiger partial charge in [0.15, 0.2) is 0 Å². The van der Waals surface area contributed by atoms with Gasteiger partial charge in [-0.2, -0.15) is 0 Å². The van der Waals surface area contributed by atoms with Crippen molar-refractivity contribution in [3.63, 3.8) is 0 Å². The summed E-state index contributed by atoms with van der Waals surface area (Å²) >= 11 is 0. The summed E-state index contributed by atoms with van der Waals surface area (Å²) in [5.74, 6) is 0. The molecule has 1 aliphatic carbocycles. The van der Waals surface area contributed by atoms with Crippen molar-refractivity contribution in [2.24, 2.45) is 0 Å². The molecular weight excluding hydrogens is 124 g/mol. The normalized spacial score (nSPS) is 33.7. The van der Waals surface area contributed by atoms with Crippen molar-refractivity contribution in [2.45, 2.75) is 38.7 Å². The van der Waals surface area contributed by atoms with Crippen LogP contribution >= 0.6 is 0 Å². The molecule has 1 rings (SSSR count). The van der Waals surface area contributed by atoms with Crippen LogP contribution < -0.4 is 0 Å². The van der Waals surface area contributed by atoms with Crippen molar-refractivity contribution in [3.05, 3.63) is 11.6 Å². The quantitative estimate of drug-likeness (QED) is 0.508. The van der Waals surface area contributed by atoms with Crippen LogP contribution in [0, 0.1) is 0 Å². The van der Waals surface area contributed by atoms with Gasteiger partial charge in [0.25, 0.3) is 0 Å². The lowest BCUT2D eigenvalue weighted by molar-refractivity contribution is -0.00199. The fourth-order valence-electron chi connectivity index (χ4n) is 1.24. The fraction of sp³-hybridized carbons (Fsp3) is 0.778. The summed E-state index contributed by atoms with van der Waals surface area (Å²) in [7, 11) is 1.80. The summed E-state index contributed by atoms with van der Waals surface area (Å²) in [6.07, 6.45) is 5.73. The summed E-state index contributed by atoms with van der Waals surface area (Å²) < 4.78 is 5.38. The van der Waals surface area contributed by atoms with E-state index in [1.807, 2.05) is 0 Å². The minimum Gasteiger partial charge on any atom is -0.378 e. The molecule has 0 N–H and O–H groups in total. The number of hydrogen-bond donors (Lipinski definition) is 0. The molecule has 1 nitrogen and oxygen atoms in total. The zero-order valence-electron chi connectivity index (χ0n) is 7.11. The average molecular weight is 140 g/mol. The summed E-state index contributed by atoms with van der Waals surface area (Å²) in [4.78, 5) is 0. The molecule has 0 aromatic rings. The maximum absolute atomic E-state index is 5.38. The van der Waals surface area contributed by atoms with Crippen LogP contribution in [0.25, 0.3) is 0 Å². The Morgan fingerprint density at radius 3 is 2.70 bits per heavy atom. The van der Waals surface area contributed by atoms with E-state index in [0.717, 1.165) is 6.42 Å². The van der Waals surface area contributed by atoms with Crippen LogP contribution in [0.5, 0.6) is 0 Å². The van der Waals surface area contributed by atoms with Gasteiger partial charge in [-0.05, 0) is 33.1 Å². The lowest BCUT2D eigenvalue weighted by Crippen LogP contribution is -2.28. The Kier molecular flexibility index (Phi) is 2.14. The Morgan fingerprint density at radius 2 is 2.30 bits per heavy atom. The van der Waals surface area contributed by atoms with Crippen LogP contribution in [0.3, 0.4) is 0 Å². The van der Waals surface area contributed by atoms with E-state index < -0.39 is 0 Å². The van der Waals surface area contributed by atoms with Gasteiger partial charge >= 0.3 is 0 Å². The summed E-state index contributed by atoms with van der Waals surface area (Å²) in [6, 6.07) is 0. The second kappa shape index (κ2) is 2.75. The van der Waals surface area contributed by atoms with Gasteiger partial charge in [-0.25, -0.2) is 0 Å². The predicted octanol–water partition coefficient (Wildman–Crippen LogP) is 2.52. The van der Waals surface area contributed by atoms with E-state index in [9.17, 15) is 0 Å². The van der Waals surface area contributed by atoms with E-state index in [-0.39, 0.29) is 5.60 Å². The Bertz CT molecular complexity index is 149. The van der Waals surface area contributed by atoms with Crippen molar-refractivity contribution in [1.29, 1.82) is 0 Å². The minimum atomic E-state index is 0.125. The third-order valence-electron chi connectivity index (χ3n) is 2.42. The Morgan fingerprint density at radius 1 is 1.60 bits per heavy atom. The molecule has 0 heterocycles. The minimum absolute atomic E-state index is 0.125. The zero-order valence-corrected chi connectivity index (χ0v) is 7.11. The molecule has 1 aliphatic rings. The van der Waals surface area contributed by atoms with E-state index in [0.29, 0.717) is 0 Å². The van der Waals surface area contributed by atoms with E-state index >= 15 is 0 Å².